The predicted molar refractivity (Wildman–Crippen MR) is 207 cm³/mol. The molecule has 1 aliphatic heterocycles. The highest BCUT2D eigenvalue weighted by Gasteiger charge is 2.37. The number of methoxy groups -OCH3 is 2. The average Bonchev–Trinajstić information content (AvgIpc) is 3.09. The number of carbonyl (C=O) groups excluding carboxylic acids is 1. The van der Waals surface area contributed by atoms with Crippen molar-refractivity contribution in [3.8, 4) is 22.8 Å². The van der Waals surface area contributed by atoms with Gasteiger partial charge in [0.2, 0.25) is 0 Å². The molecule has 51 heavy (non-hydrogen) atoms. The van der Waals surface area contributed by atoms with E-state index in [2.05, 4.69) is 55.8 Å². The van der Waals surface area contributed by atoms with Crippen LogP contribution < -0.4 is 19.3 Å². The van der Waals surface area contributed by atoms with Gasteiger partial charge in [-0.3, -0.25) is 4.98 Å². The monoisotopic (exact) mass is 714 g/mol. The van der Waals surface area contributed by atoms with Crippen LogP contribution >= 0.6 is 0 Å². The van der Waals surface area contributed by atoms with Gasteiger partial charge >= 0.3 is 6.09 Å². The molecule has 0 bridgehead atoms. The molecule has 3 heterocycles. The van der Waals surface area contributed by atoms with Gasteiger partial charge in [-0.25, -0.2) is 14.8 Å². The topological polar surface area (TPSA) is 102 Å². The van der Waals surface area contributed by atoms with Gasteiger partial charge in [0, 0.05) is 80.7 Å². The molecule has 0 unspecified atom stereocenters. The number of aromatic nitrogens is 3. The summed E-state index contributed by atoms with van der Waals surface area (Å²) in [4.78, 5) is 33.2. The van der Waals surface area contributed by atoms with Crippen LogP contribution in [0.25, 0.3) is 22.3 Å². The number of carbonyl (C=O) groups is 1. The van der Waals surface area contributed by atoms with Gasteiger partial charge in [0.25, 0.3) is 0 Å². The maximum atomic E-state index is 12.5. The summed E-state index contributed by atoms with van der Waals surface area (Å²) in [7, 11) is 1.46. The van der Waals surface area contributed by atoms with Crippen molar-refractivity contribution in [1.29, 1.82) is 0 Å². The van der Waals surface area contributed by atoms with Crippen molar-refractivity contribution >= 4 is 42.6 Å². The molecule has 0 radical (unpaired) electrons. The molecule has 0 N–H and O–H groups in total. The lowest BCUT2D eigenvalue weighted by Crippen LogP contribution is -2.50. The van der Waals surface area contributed by atoms with Crippen LogP contribution in [0.3, 0.4) is 0 Å². The number of hydrogen-bond donors (Lipinski definition) is 0. The van der Waals surface area contributed by atoms with E-state index in [0.717, 1.165) is 63.9 Å². The van der Waals surface area contributed by atoms with Gasteiger partial charge in [-0.05, 0) is 75.7 Å². The van der Waals surface area contributed by atoms with Crippen LogP contribution in [-0.2, 0) is 9.16 Å². The number of pyridine rings is 1. The lowest BCUT2D eigenvalue weighted by molar-refractivity contribution is 0.0240. The first-order valence-corrected chi connectivity index (χ1v) is 20.6. The van der Waals surface area contributed by atoms with E-state index in [-0.39, 0.29) is 11.1 Å². The number of nitrogens with zero attached hydrogens (tertiary/aromatic N) is 6. The third-order valence-corrected chi connectivity index (χ3v) is 14.1. The van der Waals surface area contributed by atoms with Gasteiger partial charge in [0.05, 0.1) is 37.1 Å². The SMILES string of the molecule is COc1cc(OC)cc(N(CCCO[Si](C)(C)C(C)(C)C)c2ccc3ncc(-c4ccc(N5CCN(C(=O)OC(C)(C)C)CC5)nc4)nc3c2)c1. The van der Waals surface area contributed by atoms with Crippen LogP contribution in [0.5, 0.6) is 11.5 Å². The number of benzene rings is 2. The molecular formula is C39H54N6O5Si. The Labute approximate surface area is 304 Å². The Morgan fingerprint density at radius 2 is 1.51 bits per heavy atom. The number of piperazine rings is 1. The molecule has 1 amide bonds. The summed E-state index contributed by atoms with van der Waals surface area (Å²) < 4.78 is 23.3. The second-order valence-electron chi connectivity index (χ2n) is 15.5. The summed E-state index contributed by atoms with van der Waals surface area (Å²) in [5.41, 5.74) is 4.63. The maximum Gasteiger partial charge on any atom is 0.410 e. The highest BCUT2D eigenvalue weighted by molar-refractivity contribution is 6.74. The fourth-order valence-corrected chi connectivity index (χ4v) is 6.69. The van der Waals surface area contributed by atoms with Crippen LogP contribution in [0, 0.1) is 0 Å². The minimum Gasteiger partial charge on any atom is -0.497 e. The molecule has 274 valence electrons. The molecule has 11 nitrogen and oxygen atoms in total. The molecule has 12 heteroatoms. The number of hydrogen-bond acceptors (Lipinski definition) is 10. The average molecular weight is 715 g/mol. The number of fused-ring (bicyclic) bond motifs is 1. The lowest BCUT2D eigenvalue weighted by Gasteiger charge is -2.36. The standard InChI is InChI=1S/C39H54N6O5Si/c1-38(2,3)50-37(46)44-19-17-43(18-20-44)36-15-12-28(26-41-36)35-27-40-33-14-13-29(24-34(33)42-35)45(16-11-21-49-51(9,10)39(4,5)6)30-22-31(47-7)25-32(23-30)48-8/h12-15,22-27H,11,16-21H2,1-10H3. The maximum absolute atomic E-state index is 12.5. The zero-order valence-electron chi connectivity index (χ0n) is 31.9. The lowest BCUT2D eigenvalue weighted by atomic mass is 10.1. The van der Waals surface area contributed by atoms with Crippen LogP contribution in [0.15, 0.2) is 60.9 Å². The largest absolute Gasteiger partial charge is 0.497 e. The number of amides is 1. The number of ether oxygens (including phenoxy) is 3. The Morgan fingerprint density at radius 1 is 0.824 bits per heavy atom. The van der Waals surface area contributed by atoms with Crippen LogP contribution in [0.1, 0.15) is 48.0 Å². The fourth-order valence-electron chi connectivity index (χ4n) is 5.60. The van der Waals surface area contributed by atoms with Gasteiger partial charge in [-0.1, -0.05) is 20.8 Å². The number of anilines is 3. The van der Waals surface area contributed by atoms with E-state index in [1.807, 2.05) is 63.4 Å². The molecular weight excluding hydrogens is 661 g/mol. The minimum absolute atomic E-state index is 0.149. The van der Waals surface area contributed by atoms with Crippen LogP contribution in [0.4, 0.5) is 22.0 Å². The second kappa shape index (κ2) is 15.4. The van der Waals surface area contributed by atoms with E-state index in [0.29, 0.717) is 32.8 Å². The summed E-state index contributed by atoms with van der Waals surface area (Å²) in [6, 6.07) is 16.1. The van der Waals surface area contributed by atoms with Crippen molar-refractivity contribution in [1.82, 2.24) is 19.9 Å². The first-order chi connectivity index (χ1) is 24.1. The Balaban J connectivity index is 1.35. The predicted octanol–water partition coefficient (Wildman–Crippen LogP) is 8.32. The van der Waals surface area contributed by atoms with Crippen molar-refractivity contribution < 1.29 is 23.4 Å². The normalized spacial score (nSPS) is 14.1. The second-order valence-corrected chi connectivity index (χ2v) is 20.3. The quantitative estimate of drug-likeness (QED) is 0.111. The summed E-state index contributed by atoms with van der Waals surface area (Å²) in [5.74, 6) is 2.30. The summed E-state index contributed by atoms with van der Waals surface area (Å²) in [6.45, 7) is 20.9. The van der Waals surface area contributed by atoms with E-state index in [9.17, 15) is 4.79 Å². The van der Waals surface area contributed by atoms with E-state index < -0.39 is 13.9 Å². The van der Waals surface area contributed by atoms with Gasteiger partial charge in [-0.2, -0.15) is 0 Å². The molecule has 5 rings (SSSR count). The summed E-state index contributed by atoms with van der Waals surface area (Å²) >= 11 is 0. The van der Waals surface area contributed by atoms with Crippen molar-refractivity contribution in [2.24, 2.45) is 0 Å². The van der Waals surface area contributed by atoms with Crippen molar-refractivity contribution in [2.45, 2.75) is 71.7 Å². The summed E-state index contributed by atoms with van der Waals surface area (Å²) in [6.07, 6.45) is 4.20. The van der Waals surface area contributed by atoms with Crippen molar-refractivity contribution in [2.75, 3.05) is 63.4 Å². The molecule has 2 aromatic carbocycles. The zero-order chi connectivity index (χ0) is 37.0. The van der Waals surface area contributed by atoms with Gasteiger partial charge in [-0.15, -0.1) is 0 Å². The third-order valence-electron chi connectivity index (χ3n) is 9.58. The van der Waals surface area contributed by atoms with E-state index in [4.69, 9.17) is 33.6 Å². The highest BCUT2D eigenvalue weighted by Crippen LogP contribution is 2.37. The Hall–Kier alpha value is -4.42. The first-order valence-electron chi connectivity index (χ1n) is 17.7. The molecule has 0 spiro atoms. The van der Waals surface area contributed by atoms with Crippen LogP contribution in [-0.4, -0.2) is 93.4 Å². The van der Waals surface area contributed by atoms with E-state index in [1.54, 1.807) is 25.3 Å². The molecule has 1 aliphatic rings. The van der Waals surface area contributed by atoms with Gasteiger partial charge in [0.1, 0.15) is 22.9 Å². The van der Waals surface area contributed by atoms with Crippen molar-refractivity contribution in [3.63, 3.8) is 0 Å². The summed E-state index contributed by atoms with van der Waals surface area (Å²) in [5, 5.41) is 0.149. The Morgan fingerprint density at radius 3 is 2.10 bits per heavy atom. The fraction of sp³-hybridized carbons (Fsp3) is 0.487. The molecule has 4 aromatic rings. The smallest absolute Gasteiger partial charge is 0.410 e. The van der Waals surface area contributed by atoms with Crippen molar-refractivity contribution in [3.05, 3.63) is 60.9 Å². The van der Waals surface area contributed by atoms with Gasteiger partial charge < -0.3 is 33.3 Å². The first kappa shape index (κ1) is 37.8. The Kier molecular flexibility index (Phi) is 11.5. The Bertz CT molecular complexity index is 1770. The third kappa shape index (κ3) is 9.47. The molecule has 0 aliphatic carbocycles. The molecule has 0 atom stereocenters. The zero-order valence-corrected chi connectivity index (χ0v) is 32.9. The molecule has 1 fully saturated rings. The molecule has 1 saturated heterocycles. The van der Waals surface area contributed by atoms with Crippen LogP contribution in [0.2, 0.25) is 18.1 Å². The van der Waals surface area contributed by atoms with Gasteiger partial charge in [0.15, 0.2) is 8.32 Å². The molecule has 2 aromatic heterocycles. The van der Waals surface area contributed by atoms with E-state index >= 15 is 0 Å². The molecule has 0 saturated carbocycles. The van der Waals surface area contributed by atoms with E-state index in [1.165, 1.54) is 0 Å². The highest BCUT2D eigenvalue weighted by atomic mass is 28.4. The number of rotatable bonds is 11. The minimum atomic E-state index is -1.87.